The van der Waals surface area contributed by atoms with Gasteiger partial charge in [-0.05, 0) is 34.9 Å². The van der Waals surface area contributed by atoms with Crippen molar-refractivity contribution < 1.29 is 8.98 Å². The van der Waals surface area contributed by atoms with Crippen LogP contribution in [0.5, 0.6) is 0 Å². The topological polar surface area (TPSA) is 37.3 Å². The number of benzene rings is 4. The summed E-state index contributed by atoms with van der Waals surface area (Å²) in [7, 11) is 4.00. The molecule has 4 heteroatoms. The standard InChI is InChI=1S/C34H35N2O2/c1-33(2,25-13-9-7-10-14-25)27-21-24-23-36(29-19-17-28(18-20-29)35(5)6)32(37)38-31(24)30(22-27)34(3,4)26-15-11-8-12-16-26/h7-23H,1-6H3/q+1. The van der Waals surface area contributed by atoms with E-state index < -0.39 is 11.2 Å². The number of nitrogens with zero attached hydrogens (tertiary/aromatic N) is 2. The molecule has 0 spiro atoms. The minimum Gasteiger partial charge on any atom is -0.378 e. The zero-order valence-corrected chi connectivity index (χ0v) is 23.0. The molecule has 0 N–H and O–H groups in total. The van der Waals surface area contributed by atoms with Gasteiger partial charge in [0.1, 0.15) is 0 Å². The second-order valence-corrected chi connectivity index (χ2v) is 11.2. The van der Waals surface area contributed by atoms with Crippen molar-refractivity contribution in [1.29, 1.82) is 0 Å². The largest absolute Gasteiger partial charge is 0.608 e. The second kappa shape index (κ2) is 9.60. The van der Waals surface area contributed by atoms with Crippen LogP contribution in [0.2, 0.25) is 0 Å². The summed E-state index contributed by atoms with van der Waals surface area (Å²) in [6, 6.07) is 33.2. The van der Waals surface area contributed by atoms with Crippen LogP contribution < -0.4 is 15.2 Å². The van der Waals surface area contributed by atoms with E-state index in [0.29, 0.717) is 5.58 Å². The zero-order valence-electron chi connectivity index (χ0n) is 23.0. The van der Waals surface area contributed by atoms with Crippen molar-refractivity contribution in [2.75, 3.05) is 19.0 Å². The molecule has 0 bridgehead atoms. The number of hydrogen-bond acceptors (Lipinski definition) is 3. The molecule has 0 saturated heterocycles. The van der Waals surface area contributed by atoms with E-state index in [9.17, 15) is 4.79 Å². The van der Waals surface area contributed by atoms with Gasteiger partial charge in [0, 0.05) is 48.3 Å². The van der Waals surface area contributed by atoms with E-state index in [1.54, 1.807) is 4.57 Å². The Hall–Kier alpha value is -4.18. The Labute approximate surface area is 224 Å². The van der Waals surface area contributed by atoms with Crippen molar-refractivity contribution in [3.63, 3.8) is 0 Å². The molecule has 0 aliphatic heterocycles. The van der Waals surface area contributed by atoms with Crippen LogP contribution in [0.4, 0.5) is 5.69 Å². The lowest BCUT2D eigenvalue weighted by Crippen LogP contribution is -2.46. The highest BCUT2D eigenvalue weighted by Crippen LogP contribution is 2.40. The molecule has 0 aliphatic rings. The highest BCUT2D eigenvalue weighted by Gasteiger charge is 2.32. The van der Waals surface area contributed by atoms with Crippen molar-refractivity contribution in [3.8, 4) is 5.69 Å². The van der Waals surface area contributed by atoms with E-state index in [4.69, 9.17) is 4.42 Å². The Bertz CT molecular complexity index is 1630. The van der Waals surface area contributed by atoms with Gasteiger partial charge in [-0.2, -0.15) is 4.79 Å². The van der Waals surface area contributed by atoms with Crippen molar-refractivity contribution in [3.05, 3.63) is 136 Å². The number of fused-ring (bicyclic) bond motifs is 1. The van der Waals surface area contributed by atoms with Crippen molar-refractivity contribution in [2.45, 2.75) is 38.5 Å². The molecule has 5 aromatic rings. The SMILES string of the molecule is CN(C)c1ccc(-[n+]2cc3cc(C(C)(C)c4ccccc4)cc(C(C)(C)c4ccccc4)c3oc2=O)cc1. The second-order valence-electron chi connectivity index (χ2n) is 11.2. The summed E-state index contributed by atoms with van der Waals surface area (Å²) in [5.74, 6) is -0.407. The Morgan fingerprint density at radius 1 is 0.684 bits per heavy atom. The van der Waals surface area contributed by atoms with Gasteiger partial charge in [0.25, 0.3) is 0 Å². The first-order chi connectivity index (χ1) is 18.1. The van der Waals surface area contributed by atoms with Crippen molar-refractivity contribution in [1.82, 2.24) is 0 Å². The molecule has 0 aliphatic carbocycles. The van der Waals surface area contributed by atoms with Crippen molar-refractivity contribution >= 4 is 16.7 Å². The molecule has 5 rings (SSSR count). The summed E-state index contributed by atoms with van der Waals surface area (Å²) < 4.78 is 7.73. The van der Waals surface area contributed by atoms with E-state index in [-0.39, 0.29) is 5.41 Å². The molecule has 0 unspecified atom stereocenters. The third-order valence-corrected chi connectivity index (χ3v) is 7.80. The summed E-state index contributed by atoms with van der Waals surface area (Å²) in [4.78, 5) is 15.4. The average Bonchev–Trinajstić information content (AvgIpc) is 2.93. The number of hydrogen-bond donors (Lipinski definition) is 0. The molecule has 4 aromatic carbocycles. The van der Waals surface area contributed by atoms with E-state index in [2.05, 4.69) is 88.4 Å². The van der Waals surface area contributed by atoms with Gasteiger partial charge in [0.2, 0.25) is 5.69 Å². The van der Waals surface area contributed by atoms with Crippen molar-refractivity contribution in [2.24, 2.45) is 0 Å². The van der Waals surface area contributed by atoms with Crippen LogP contribution in [-0.2, 0) is 10.8 Å². The van der Waals surface area contributed by atoms with Crippen LogP contribution in [0.25, 0.3) is 16.7 Å². The molecular weight excluding hydrogens is 468 g/mol. The van der Waals surface area contributed by atoms with E-state index in [0.717, 1.165) is 27.9 Å². The van der Waals surface area contributed by atoms with E-state index in [1.165, 1.54) is 11.1 Å². The van der Waals surface area contributed by atoms with Crippen LogP contribution in [0.3, 0.4) is 0 Å². The lowest BCUT2D eigenvalue weighted by Gasteiger charge is -2.31. The maximum atomic E-state index is 13.4. The predicted octanol–water partition coefficient (Wildman–Crippen LogP) is 6.79. The first-order valence-corrected chi connectivity index (χ1v) is 13.0. The fourth-order valence-electron chi connectivity index (χ4n) is 5.14. The average molecular weight is 504 g/mol. The fourth-order valence-corrected chi connectivity index (χ4v) is 5.14. The van der Waals surface area contributed by atoms with Gasteiger partial charge in [-0.3, -0.25) is 0 Å². The summed E-state index contributed by atoms with van der Waals surface area (Å²) in [6.45, 7) is 8.88. The summed E-state index contributed by atoms with van der Waals surface area (Å²) in [6.07, 6.45) is 1.92. The van der Waals surface area contributed by atoms with E-state index >= 15 is 0 Å². The summed E-state index contributed by atoms with van der Waals surface area (Å²) in [5.41, 5.74) is 6.36. The maximum Gasteiger partial charge on any atom is 0.608 e. The third-order valence-electron chi connectivity index (χ3n) is 7.80. The van der Waals surface area contributed by atoms with E-state index in [1.807, 2.05) is 61.6 Å². The molecule has 4 nitrogen and oxygen atoms in total. The summed E-state index contributed by atoms with van der Waals surface area (Å²) in [5, 5.41) is 0.891. The Kier molecular flexibility index (Phi) is 6.44. The van der Waals surface area contributed by atoms with Gasteiger partial charge in [-0.25, -0.2) is 0 Å². The first-order valence-electron chi connectivity index (χ1n) is 13.0. The van der Waals surface area contributed by atoms with Gasteiger partial charge < -0.3 is 9.32 Å². The fraction of sp³-hybridized carbons (Fsp3) is 0.235. The molecule has 0 saturated carbocycles. The number of rotatable bonds is 6. The zero-order chi connectivity index (χ0) is 27.1. The molecule has 0 radical (unpaired) electrons. The minimum atomic E-state index is -0.407. The molecule has 192 valence electrons. The quantitative estimate of drug-likeness (QED) is 0.240. The van der Waals surface area contributed by atoms with Crippen LogP contribution in [-0.4, -0.2) is 14.1 Å². The predicted molar refractivity (Wildman–Crippen MR) is 155 cm³/mol. The lowest BCUT2D eigenvalue weighted by atomic mass is 9.72. The minimum absolute atomic E-state index is 0.259. The Morgan fingerprint density at radius 2 is 1.24 bits per heavy atom. The molecule has 1 aromatic heterocycles. The number of aromatic nitrogens is 1. The molecule has 0 fully saturated rings. The Balaban J connectivity index is 1.78. The van der Waals surface area contributed by atoms with Gasteiger partial charge in [0.15, 0.2) is 11.8 Å². The monoisotopic (exact) mass is 503 g/mol. The van der Waals surface area contributed by atoms with Crippen LogP contribution >= 0.6 is 0 Å². The molecular formula is C34H35N2O2+. The Morgan fingerprint density at radius 3 is 1.79 bits per heavy atom. The normalized spacial score (nSPS) is 12.1. The summed E-state index contributed by atoms with van der Waals surface area (Å²) >= 11 is 0. The highest BCUT2D eigenvalue weighted by atomic mass is 16.4. The van der Waals surface area contributed by atoms with Crippen LogP contribution in [0.1, 0.15) is 49.9 Å². The van der Waals surface area contributed by atoms with Crippen LogP contribution in [0, 0.1) is 0 Å². The third kappa shape index (κ3) is 4.51. The van der Waals surface area contributed by atoms with Crippen LogP contribution in [0.15, 0.2) is 112 Å². The van der Waals surface area contributed by atoms with Gasteiger partial charge in [-0.1, -0.05) is 99.0 Å². The highest BCUT2D eigenvalue weighted by molar-refractivity contribution is 5.82. The first kappa shape index (κ1) is 25.5. The molecule has 0 atom stereocenters. The molecule has 1 heterocycles. The van der Waals surface area contributed by atoms with Gasteiger partial charge >= 0.3 is 5.76 Å². The molecule has 38 heavy (non-hydrogen) atoms. The maximum absolute atomic E-state index is 13.4. The van der Waals surface area contributed by atoms with Gasteiger partial charge in [-0.15, -0.1) is 0 Å². The lowest BCUT2D eigenvalue weighted by molar-refractivity contribution is -0.623. The van der Waals surface area contributed by atoms with Gasteiger partial charge in [0.05, 0.1) is 5.39 Å². The smallest absolute Gasteiger partial charge is 0.378 e. The number of anilines is 1. The molecule has 0 amide bonds.